The van der Waals surface area contributed by atoms with Crippen LogP contribution in [0, 0.1) is 6.92 Å². The molecule has 1 heterocycles. The normalized spacial score (nSPS) is 11.7. The van der Waals surface area contributed by atoms with Crippen molar-refractivity contribution in [3.8, 4) is 5.75 Å². The van der Waals surface area contributed by atoms with E-state index in [1.807, 2.05) is 0 Å². The largest absolute Gasteiger partial charge is 0.480 e. The fourth-order valence-electron chi connectivity index (χ4n) is 2.36. The summed E-state index contributed by atoms with van der Waals surface area (Å²) in [6.45, 7) is 4.82. The van der Waals surface area contributed by atoms with Crippen molar-refractivity contribution in [2.24, 2.45) is 0 Å². The maximum atomic E-state index is 12.7. The van der Waals surface area contributed by atoms with Gasteiger partial charge in [-0.15, -0.1) is 0 Å². The van der Waals surface area contributed by atoms with Crippen molar-refractivity contribution < 1.29 is 14.3 Å². The molecule has 1 atom stereocenters. The van der Waals surface area contributed by atoms with E-state index in [1.54, 1.807) is 25.1 Å². The molecule has 0 fully saturated rings. The Hall–Kier alpha value is -2.29. The van der Waals surface area contributed by atoms with Crippen molar-refractivity contribution in [2.45, 2.75) is 39.8 Å². The van der Waals surface area contributed by atoms with Crippen LogP contribution in [-0.4, -0.2) is 27.6 Å². The van der Waals surface area contributed by atoms with E-state index in [-0.39, 0.29) is 28.5 Å². The van der Waals surface area contributed by atoms with E-state index in [2.05, 4.69) is 15.7 Å². The fourth-order valence-corrected chi connectivity index (χ4v) is 2.94. The number of nitrogens with zero attached hydrogens (tertiary/aromatic N) is 2. The summed E-state index contributed by atoms with van der Waals surface area (Å²) in [5.74, 6) is -0.432. The third kappa shape index (κ3) is 5.85. The van der Waals surface area contributed by atoms with Crippen LogP contribution in [0.15, 0.2) is 23.0 Å². The van der Waals surface area contributed by atoms with Crippen molar-refractivity contribution in [1.29, 1.82) is 0 Å². The molecule has 11 heteroatoms. The zero-order valence-corrected chi connectivity index (χ0v) is 18.2. The van der Waals surface area contributed by atoms with Gasteiger partial charge < -0.3 is 10.1 Å². The summed E-state index contributed by atoms with van der Waals surface area (Å²) in [7, 11) is 0. The predicted molar refractivity (Wildman–Crippen MR) is 111 cm³/mol. The lowest BCUT2D eigenvalue weighted by Gasteiger charge is -2.21. The molecule has 29 heavy (non-hydrogen) atoms. The van der Waals surface area contributed by atoms with Crippen LogP contribution < -0.4 is 21.0 Å². The third-order valence-corrected chi connectivity index (χ3v) is 4.75. The Morgan fingerprint density at radius 3 is 2.55 bits per heavy atom. The van der Waals surface area contributed by atoms with Gasteiger partial charge in [-0.05, 0) is 31.5 Å². The van der Waals surface area contributed by atoms with Gasteiger partial charge in [-0.1, -0.05) is 41.7 Å². The van der Waals surface area contributed by atoms with Gasteiger partial charge in [0.05, 0.1) is 5.69 Å². The Morgan fingerprint density at radius 2 is 1.93 bits per heavy atom. The number of hydrogen-bond acceptors (Lipinski definition) is 5. The van der Waals surface area contributed by atoms with E-state index >= 15 is 0 Å². The van der Waals surface area contributed by atoms with E-state index in [1.165, 1.54) is 13.8 Å². The van der Waals surface area contributed by atoms with Gasteiger partial charge in [0, 0.05) is 24.1 Å². The van der Waals surface area contributed by atoms with Crippen LogP contribution in [0.2, 0.25) is 15.3 Å². The second-order valence-corrected chi connectivity index (χ2v) is 7.22. The van der Waals surface area contributed by atoms with Crippen molar-refractivity contribution in [1.82, 2.24) is 15.0 Å². The fraction of sp³-hybridized carbons (Fsp3) is 0.333. The minimum absolute atomic E-state index is 0.0147. The van der Waals surface area contributed by atoms with Gasteiger partial charge in [-0.3, -0.25) is 19.8 Å². The average molecular weight is 462 g/mol. The highest BCUT2D eigenvalue weighted by Gasteiger charge is 2.22. The van der Waals surface area contributed by atoms with Crippen molar-refractivity contribution in [3.05, 3.63) is 55.1 Å². The lowest BCUT2D eigenvalue weighted by atomic mass is 10.2. The molecule has 0 aliphatic carbocycles. The SMILES string of the molecule is CCC(Oc1ccc(Cl)cc1CNC(C)=O)C(=O)Nn1c(C)c(Cl)nc(Cl)c1=O. The molecular formula is C18H19Cl3N4O4. The lowest BCUT2D eigenvalue weighted by Crippen LogP contribution is -2.42. The van der Waals surface area contributed by atoms with E-state index in [9.17, 15) is 14.4 Å². The van der Waals surface area contributed by atoms with E-state index in [4.69, 9.17) is 39.5 Å². The molecule has 0 aliphatic rings. The molecule has 0 saturated heterocycles. The zero-order valence-electron chi connectivity index (χ0n) is 15.9. The predicted octanol–water partition coefficient (Wildman–Crippen LogP) is 3.08. The Bertz CT molecular complexity index is 994. The molecule has 0 aliphatic heterocycles. The Labute approximate surface area is 182 Å². The van der Waals surface area contributed by atoms with E-state index in [0.717, 1.165) is 4.68 Å². The smallest absolute Gasteiger partial charge is 0.307 e. The van der Waals surface area contributed by atoms with Gasteiger partial charge in [0.2, 0.25) is 5.91 Å². The summed E-state index contributed by atoms with van der Waals surface area (Å²) >= 11 is 17.7. The second-order valence-electron chi connectivity index (χ2n) is 6.07. The third-order valence-electron chi connectivity index (χ3n) is 3.91. The molecule has 2 N–H and O–H groups in total. The number of aromatic nitrogens is 2. The zero-order chi connectivity index (χ0) is 21.7. The van der Waals surface area contributed by atoms with Gasteiger partial charge in [0.25, 0.3) is 5.91 Å². The number of nitrogens with one attached hydrogen (secondary N) is 2. The van der Waals surface area contributed by atoms with Gasteiger partial charge in [-0.2, -0.15) is 0 Å². The van der Waals surface area contributed by atoms with Crippen LogP contribution >= 0.6 is 34.8 Å². The minimum atomic E-state index is -0.940. The Morgan fingerprint density at radius 1 is 1.24 bits per heavy atom. The molecular weight excluding hydrogens is 443 g/mol. The first kappa shape index (κ1) is 23.0. The monoisotopic (exact) mass is 460 g/mol. The quantitative estimate of drug-likeness (QED) is 0.660. The van der Waals surface area contributed by atoms with Crippen LogP contribution in [0.5, 0.6) is 5.75 Å². The van der Waals surface area contributed by atoms with Crippen LogP contribution in [-0.2, 0) is 16.1 Å². The number of carbonyl (C=O) groups is 2. The van der Waals surface area contributed by atoms with Gasteiger partial charge >= 0.3 is 5.56 Å². The molecule has 2 rings (SSSR count). The van der Waals surface area contributed by atoms with Crippen molar-refractivity contribution in [3.63, 3.8) is 0 Å². The molecule has 156 valence electrons. The molecule has 2 aromatic rings. The van der Waals surface area contributed by atoms with Crippen molar-refractivity contribution >= 4 is 46.6 Å². The molecule has 0 radical (unpaired) electrons. The Kier molecular flexibility index (Phi) is 7.89. The molecule has 8 nitrogen and oxygen atoms in total. The van der Waals surface area contributed by atoms with Crippen LogP contribution in [0.1, 0.15) is 31.5 Å². The maximum absolute atomic E-state index is 12.7. The highest BCUT2D eigenvalue weighted by Crippen LogP contribution is 2.24. The summed E-state index contributed by atoms with van der Waals surface area (Å²) in [6, 6.07) is 4.84. The summed E-state index contributed by atoms with van der Waals surface area (Å²) < 4.78 is 6.76. The average Bonchev–Trinajstić information content (AvgIpc) is 2.67. The number of amides is 2. The molecule has 0 saturated carbocycles. The number of rotatable bonds is 7. The van der Waals surface area contributed by atoms with Crippen molar-refractivity contribution in [2.75, 3.05) is 5.43 Å². The van der Waals surface area contributed by atoms with Gasteiger partial charge in [0.15, 0.2) is 16.4 Å². The number of halogens is 3. The molecule has 1 aromatic carbocycles. The van der Waals surface area contributed by atoms with E-state index < -0.39 is 17.6 Å². The Balaban J connectivity index is 2.26. The topological polar surface area (TPSA) is 102 Å². The highest BCUT2D eigenvalue weighted by molar-refractivity contribution is 6.32. The number of ether oxygens (including phenoxy) is 1. The van der Waals surface area contributed by atoms with Crippen LogP contribution in [0.4, 0.5) is 0 Å². The second kappa shape index (κ2) is 9.96. The summed E-state index contributed by atoms with van der Waals surface area (Å²) in [6.07, 6.45) is -0.641. The lowest BCUT2D eigenvalue weighted by molar-refractivity contribution is -0.124. The number of benzene rings is 1. The van der Waals surface area contributed by atoms with E-state index in [0.29, 0.717) is 22.8 Å². The molecule has 1 unspecified atom stereocenters. The van der Waals surface area contributed by atoms with Gasteiger partial charge in [0.1, 0.15) is 5.75 Å². The summed E-state index contributed by atoms with van der Waals surface area (Å²) in [5, 5.41) is 2.73. The number of carbonyl (C=O) groups excluding carboxylic acids is 2. The molecule has 2 amide bonds. The maximum Gasteiger partial charge on any atom is 0.307 e. The summed E-state index contributed by atoms with van der Waals surface area (Å²) in [5.41, 5.74) is 2.56. The highest BCUT2D eigenvalue weighted by atomic mass is 35.5. The first-order chi connectivity index (χ1) is 13.6. The van der Waals surface area contributed by atoms with Gasteiger partial charge in [-0.25, -0.2) is 9.66 Å². The first-order valence-corrected chi connectivity index (χ1v) is 9.72. The number of hydrogen-bond donors (Lipinski definition) is 2. The van der Waals surface area contributed by atoms with Crippen LogP contribution in [0.25, 0.3) is 0 Å². The van der Waals surface area contributed by atoms with Crippen LogP contribution in [0.3, 0.4) is 0 Å². The first-order valence-electron chi connectivity index (χ1n) is 8.59. The molecule has 1 aromatic heterocycles. The minimum Gasteiger partial charge on any atom is -0.480 e. The molecule has 0 spiro atoms. The molecule has 0 bridgehead atoms. The standard InChI is InChI=1S/C18H19Cl3N4O4/c1-4-13(17(27)24-25-9(2)15(20)23-16(21)18(25)28)29-14-6-5-12(19)7-11(14)8-22-10(3)26/h5-7,13H,4,8H2,1-3H3,(H,22,26)(H,24,27). The summed E-state index contributed by atoms with van der Waals surface area (Å²) in [4.78, 5) is 39.8.